The maximum atomic E-state index is 11.1. The Kier molecular flexibility index (Phi) is 4.71. The lowest BCUT2D eigenvalue weighted by Crippen LogP contribution is -2.29. The number of aromatic nitrogens is 2. The van der Waals surface area contributed by atoms with Crippen molar-refractivity contribution in [3.05, 3.63) is 18.2 Å². The van der Waals surface area contributed by atoms with Crippen LogP contribution in [0.4, 0.5) is 0 Å². The minimum atomic E-state index is -0.0774. The zero-order valence-corrected chi connectivity index (χ0v) is 8.25. The van der Waals surface area contributed by atoms with E-state index in [2.05, 4.69) is 15.3 Å². The van der Waals surface area contributed by atoms with Crippen molar-refractivity contribution in [1.29, 1.82) is 0 Å². The first-order valence-corrected chi connectivity index (χ1v) is 4.64. The van der Waals surface area contributed by atoms with E-state index in [0.29, 0.717) is 13.2 Å². The van der Waals surface area contributed by atoms with Crippen molar-refractivity contribution in [2.75, 3.05) is 19.8 Å². The van der Waals surface area contributed by atoms with E-state index >= 15 is 0 Å². The summed E-state index contributed by atoms with van der Waals surface area (Å²) in [6.07, 6.45) is 4.13. The molecule has 0 aliphatic heterocycles. The summed E-state index contributed by atoms with van der Waals surface area (Å²) in [6.45, 7) is 3.17. The first-order valence-electron chi connectivity index (χ1n) is 4.64. The van der Waals surface area contributed by atoms with Gasteiger partial charge in [-0.1, -0.05) is 0 Å². The molecule has 0 atom stereocenters. The fourth-order valence-corrected chi connectivity index (χ4v) is 1.00. The molecule has 0 aliphatic carbocycles. The van der Waals surface area contributed by atoms with Crippen LogP contribution in [0.25, 0.3) is 0 Å². The van der Waals surface area contributed by atoms with E-state index in [9.17, 15) is 4.79 Å². The number of amides is 1. The second kappa shape index (κ2) is 6.15. The number of carbonyl (C=O) groups excluding carboxylic acids is 1. The van der Waals surface area contributed by atoms with Gasteiger partial charge in [0, 0.05) is 31.5 Å². The Morgan fingerprint density at radius 1 is 1.71 bits per heavy atom. The second-order valence-corrected chi connectivity index (χ2v) is 2.81. The molecule has 0 aliphatic rings. The number of ether oxygens (including phenoxy) is 1. The first-order chi connectivity index (χ1) is 6.83. The number of nitrogens with one attached hydrogen (secondary N) is 2. The molecule has 0 unspecified atom stereocenters. The predicted octanol–water partition coefficient (Wildman–Crippen LogP) is 0.105. The van der Waals surface area contributed by atoms with Gasteiger partial charge < -0.3 is 15.0 Å². The minimum Gasteiger partial charge on any atom is -0.372 e. The molecule has 0 saturated carbocycles. The van der Waals surface area contributed by atoms with E-state index in [-0.39, 0.29) is 12.5 Å². The van der Waals surface area contributed by atoms with Crippen molar-refractivity contribution < 1.29 is 9.53 Å². The summed E-state index contributed by atoms with van der Waals surface area (Å²) in [5, 5.41) is 2.74. The lowest BCUT2D eigenvalue weighted by atomic mass is 10.3. The van der Waals surface area contributed by atoms with Gasteiger partial charge in [0.1, 0.15) is 6.61 Å². The molecule has 0 saturated heterocycles. The van der Waals surface area contributed by atoms with Gasteiger partial charge in [0.05, 0.1) is 6.33 Å². The van der Waals surface area contributed by atoms with Crippen molar-refractivity contribution in [3.8, 4) is 0 Å². The molecule has 14 heavy (non-hydrogen) atoms. The van der Waals surface area contributed by atoms with E-state index in [1.54, 1.807) is 12.5 Å². The lowest BCUT2D eigenvalue weighted by Gasteiger charge is -2.03. The van der Waals surface area contributed by atoms with Crippen LogP contribution >= 0.6 is 0 Å². The second-order valence-electron chi connectivity index (χ2n) is 2.81. The molecule has 0 spiro atoms. The van der Waals surface area contributed by atoms with Gasteiger partial charge in [-0.15, -0.1) is 0 Å². The molecule has 2 N–H and O–H groups in total. The highest BCUT2D eigenvalue weighted by molar-refractivity contribution is 5.77. The zero-order valence-electron chi connectivity index (χ0n) is 8.25. The summed E-state index contributed by atoms with van der Waals surface area (Å²) in [7, 11) is 0. The maximum Gasteiger partial charge on any atom is 0.246 e. The van der Waals surface area contributed by atoms with Gasteiger partial charge in [0.2, 0.25) is 5.91 Å². The Morgan fingerprint density at radius 3 is 3.21 bits per heavy atom. The number of nitrogens with zero attached hydrogens (tertiary/aromatic N) is 1. The molecule has 1 heterocycles. The maximum absolute atomic E-state index is 11.1. The molecule has 1 aromatic rings. The van der Waals surface area contributed by atoms with Gasteiger partial charge >= 0.3 is 0 Å². The molecule has 78 valence electrons. The fourth-order valence-electron chi connectivity index (χ4n) is 1.00. The number of H-pyrrole nitrogens is 1. The van der Waals surface area contributed by atoms with E-state index in [4.69, 9.17) is 4.74 Å². The topological polar surface area (TPSA) is 67.0 Å². The van der Waals surface area contributed by atoms with Crippen molar-refractivity contribution in [3.63, 3.8) is 0 Å². The van der Waals surface area contributed by atoms with Crippen molar-refractivity contribution in [2.24, 2.45) is 0 Å². The Balaban J connectivity index is 2.06. The molecule has 0 bridgehead atoms. The van der Waals surface area contributed by atoms with Crippen LogP contribution in [0.2, 0.25) is 0 Å². The molecular formula is C9H15N3O2. The molecule has 1 aromatic heterocycles. The molecule has 0 fully saturated rings. The third-order valence-corrected chi connectivity index (χ3v) is 1.71. The summed E-state index contributed by atoms with van der Waals surface area (Å²) < 4.78 is 4.95. The number of imidazole rings is 1. The van der Waals surface area contributed by atoms with Crippen LogP contribution in [-0.4, -0.2) is 35.6 Å². The summed E-state index contributed by atoms with van der Waals surface area (Å²) >= 11 is 0. The highest BCUT2D eigenvalue weighted by Crippen LogP contribution is 1.90. The molecule has 0 radical (unpaired) electrons. The first kappa shape index (κ1) is 10.7. The molecule has 1 amide bonds. The van der Waals surface area contributed by atoms with Crippen LogP contribution in [0, 0.1) is 0 Å². The average Bonchev–Trinajstić information content (AvgIpc) is 2.67. The molecule has 1 rings (SSSR count). The Hall–Kier alpha value is -1.36. The smallest absolute Gasteiger partial charge is 0.246 e. The normalized spacial score (nSPS) is 10.1. The SMILES string of the molecule is CCOCC(=O)NCCc1cnc[nH]1. The largest absolute Gasteiger partial charge is 0.372 e. The van der Waals surface area contributed by atoms with Gasteiger partial charge in [-0.05, 0) is 6.92 Å². The van der Waals surface area contributed by atoms with Gasteiger partial charge in [0.25, 0.3) is 0 Å². The third-order valence-electron chi connectivity index (χ3n) is 1.71. The fraction of sp³-hybridized carbons (Fsp3) is 0.556. The quantitative estimate of drug-likeness (QED) is 0.680. The average molecular weight is 197 g/mol. The third kappa shape index (κ3) is 4.04. The van der Waals surface area contributed by atoms with E-state index in [1.165, 1.54) is 0 Å². The van der Waals surface area contributed by atoms with E-state index in [1.807, 2.05) is 6.92 Å². The highest BCUT2D eigenvalue weighted by Gasteiger charge is 1.99. The molecular weight excluding hydrogens is 182 g/mol. The Morgan fingerprint density at radius 2 is 2.57 bits per heavy atom. The van der Waals surface area contributed by atoms with E-state index in [0.717, 1.165) is 12.1 Å². The minimum absolute atomic E-state index is 0.0774. The number of hydrogen-bond donors (Lipinski definition) is 2. The van der Waals surface area contributed by atoms with Crippen molar-refractivity contribution in [1.82, 2.24) is 15.3 Å². The van der Waals surface area contributed by atoms with Crippen LogP contribution in [-0.2, 0) is 16.0 Å². The molecule has 5 heteroatoms. The zero-order chi connectivity index (χ0) is 10.2. The van der Waals surface area contributed by atoms with Gasteiger partial charge in [-0.3, -0.25) is 4.79 Å². The van der Waals surface area contributed by atoms with Crippen molar-refractivity contribution in [2.45, 2.75) is 13.3 Å². The van der Waals surface area contributed by atoms with Crippen LogP contribution in [0.1, 0.15) is 12.6 Å². The summed E-state index contributed by atoms with van der Waals surface area (Å²) in [5.41, 5.74) is 1.02. The van der Waals surface area contributed by atoms with Gasteiger partial charge in [-0.2, -0.15) is 0 Å². The van der Waals surface area contributed by atoms with Crippen LogP contribution in [0.3, 0.4) is 0 Å². The number of carbonyl (C=O) groups is 1. The van der Waals surface area contributed by atoms with Crippen LogP contribution < -0.4 is 5.32 Å². The number of aromatic amines is 1. The standard InChI is InChI=1S/C9H15N3O2/c1-2-14-6-9(13)11-4-3-8-5-10-7-12-8/h5,7H,2-4,6H2,1H3,(H,10,12)(H,11,13). The molecule has 0 aromatic carbocycles. The van der Waals surface area contributed by atoms with Gasteiger partial charge in [-0.25, -0.2) is 4.98 Å². The Bertz CT molecular complexity index is 259. The Labute approximate surface area is 82.9 Å². The number of hydrogen-bond acceptors (Lipinski definition) is 3. The van der Waals surface area contributed by atoms with Crippen molar-refractivity contribution >= 4 is 5.91 Å². The predicted molar refractivity (Wildman–Crippen MR) is 51.8 cm³/mol. The molecule has 5 nitrogen and oxygen atoms in total. The summed E-state index contributed by atoms with van der Waals surface area (Å²) in [6, 6.07) is 0. The van der Waals surface area contributed by atoms with Crippen LogP contribution in [0.15, 0.2) is 12.5 Å². The number of rotatable bonds is 6. The highest BCUT2D eigenvalue weighted by atomic mass is 16.5. The monoisotopic (exact) mass is 197 g/mol. The summed E-state index contributed by atoms with van der Waals surface area (Å²) in [5.74, 6) is -0.0774. The van der Waals surface area contributed by atoms with Gasteiger partial charge in [0.15, 0.2) is 0 Å². The van der Waals surface area contributed by atoms with Crippen LogP contribution in [0.5, 0.6) is 0 Å². The lowest BCUT2D eigenvalue weighted by molar-refractivity contribution is -0.125. The van der Waals surface area contributed by atoms with E-state index < -0.39 is 0 Å². The summed E-state index contributed by atoms with van der Waals surface area (Å²) in [4.78, 5) is 17.9.